The lowest BCUT2D eigenvalue weighted by Crippen LogP contribution is -2.38. The third-order valence-electron chi connectivity index (χ3n) is 4.17. The van der Waals surface area contributed by atoms with Gasteiger partial charge in [-0.15, -0.1) is 0 Å². The summed E-state index contributed by atoms with van der Waals surface area (Å²) in [7, 11) is 0. The standard InChI is InChI=1S/C18H27NO4/c1-2-3-16(18(20)21)14-15-4-6-17(7-5-15)23-13-10-19-8-11-22-12-9-19/h4-7,16H,2-3,8-14H2,1H3,(H,20,21). The molecule has 1 unspecified atom stereocenters. The van der Waals surface area contributed by atoms with E-state index < -0.39 is 5.97 Å². The number of carbonyl (C=O) groups is 1. The van der Waals surface area contributed by atoms with Gasteiger partial charge in [-0.25, -0.2) is 0 Å². The normalized spacial score (nSPS) is 16.9. The van der Waals surface area contributed by atoms with Gasteiger partial charge in [-0.2, -0.15) is 0 Å². The fourth-order valence-electron chi connectivity index (χ4n) is 2.78. The van der Waals surface area contributed by atoms with Crippen molar-refractivity contribution in [3.05, 3.63) is 29.8 Å². The van der Waals surface area contributed by atoms with Crippen LogP contribution in [0.2, 0.25) is 0 Å². The molecular formula is C18H27NO4. The maximum absolute atomic E-state index is 11.2. The third kappa shape index (κ3) is 6.20. The van der Waals surface area contributed by atoms with Gasteiger partial charge in [0.2, 0.25) is 0 Å². The summed E-state index contributed by atoms with van der Waals surface area (Å²) < 4.78 is 11.1. The minimum absolute atomic E-state index is 0.298. The zero-order valence-corrected chi connectivity index (χ0v) is 13.9. The Balaban J connectivity index is 1.76. The van der Waals surface area contributed by atoms with Gasteiger partial charge in [0.05, 0.1) is 19.1 Å². The van der Waals surface area contributed by atoms with Crippen molar-refractivity contribution in [3.8, 4) is 5.75 Å². The molecule has 0 aromatic heterocycles. The molecule has 0 aliphatic carbocycles. The van der Waals surface area contributed by atoms with Gasteiger partial charge in [0, 0.05) is 19.6 Å². The molecule has 0 radical (unpaired) electrons. The first-order chi connectivity index (χ1) is 11.2. The van der Waals surface area contributed by atoms with Crippen LogP contribution in [0.1, 0.15) is 25.3 Å². The summed E-state index contributed by atoms with van der Waals surface area (Å²) in [6.45, 7) is 7.12. The van der Waals surface area contributed by atoms with Crippen LogP contribution >= 0.6 is 0 Å². The monoisotopic (exact) mass is 321 g/mol. The van der Waals surface area contributed by atoms with Crippen molar-refractivity contribution in [2.45, 2.75) is 26.2 Å². The second-order valence-corrected chi connectivity index (χ2v) is 5.97. The Morgan fingerprint density at radius 3 is 2.61 bits per heavy atom. The minimum atomic E-state index is -0.710. The van der Waals surface area contributed by atoms with Crippen molar-refractivity contribution in [2.75, 3.05) is 39.5 Å². The summed E-state index contributed by atoms with van der Waals surface area (Å²) in [5.41, 5.74) is 1.05. The van der Waals surface area contributed by atoms with Crippen LogP contribution < -0.4 is 4.74 Å². The van der Waals surface area contributed by atoms with E-state index in [1.54, 1.807) is 0 Å². The predicted octanol–water partition coefficient (Wildman–Crippen LogP) is 2.44. The first-order valence-electron chi connectivity index (χ1n) is 8.43. The van der Waals surface area contributed by atoms with Crippen LogP contribution in [0.25, 0.3) is 0 Å². The largest absolute Gasteiger partial charge is 0.492 e. The van der Waals surface area contributed by atoms with Crippen LogP contribution in [0.5, 0.6) is 5.75 Å². The van der Waals surface area contributed by atoms with Crippen LogP contribution in [0, 0.1) is 5.92 Å². The molecule has 128 valence electrons. The zero-order valence-electron chi connectivity index (χ0n) is 13.9. The van der Waals surface area contributed by atoms with Crippen LogP contribution in [0.3, 0.4) is 0 Å². The first-order valence-corrected chi connectivity index (χ1v) is 8.43. The van der Waals surface area contributed by atoms with Crippen molar-refractivity contribution < 1.29 is 19.4 Å². The van der Waals surface area contributed by atoms with Crippen molar-refractivity contribution in [3.63, 3.8) is 0 Å². The molecule has 1 fully saturated rings. The molecule has 1 aromatic rings. The molecule has 2 rings (SSSR count). The number of nitrogens with zero attached hydrogens (tertiary/aromatic N) is 1. The zero-order chi connectivity index (χ0) is 16.5. The molecule has 5 heteroatoms. The smallest absolute Gasteiger partial charge is 0.306 e. The summed E-state index contributed by atoms with van der Waals surface area (Å²) in [5.74, 6) is -0.171. The maximum atomic E-state index is 11.2. The van der Waals surface area contributed by atoms with E-state index in [1.165, 1.54) is 0 Å². The van der Waals surface area contributed by atoms with Gasteiger partial charge in [0.15, 0.2) is 0 Å². The highest BCUT2D eigenvalue weighted by Gasteiger charge is 2.16. The predicted molar refractivity (Wildman–Crippen MR) is 88.9 cm³/mol. The van der Waals surface area contributed by atoms with Crippen LogP contribution in [-0.4, -0.2) is 55.4 Å². The summed E-state index contributed by atoms with van der Waals surface area (Å²) in [4.78, 5) is 13.5. The quantitative estimate of drug-likeness (QED) is 0.757. The molecule has 1 aliphatic heterocycles. The average Bonchev–Trinajstić information content (AvgIpc) is 2.57. The van der Waals surface area contributed by atoms with E-state index in [0.717, 1.165) is 50.6 Å². The van der Waals surface area contributed by atoms with E-state index in [9.17, 15) is 9.90 Å². The molecule has 0 bridgehead atoms. The Labute approximate surface area is 138 Å². The molecule has 23 heavy (non-hydrogen) atoms. The van der Waals surface area contributed by atoms with E-state index >= 15 is 0 Å². The number of morpholine rings is 1. The Hall–Kier alpha value is -1.59. The fourth-order valence-corrected chi connectivity index (χ4v) is 2.78. The Morgan fingerprint density at radius 2 is 2.00 bits per heavy atom. The van der Waals surface area contributed by atoms with E-state index in [2.05, 4.69) is 4.90 Å². The highest BCUT2D eigenvalue weighted by molar-refractivity contribution is 5.70. The number of ether oxygens (including phenoxy) is 2. The molecule has 0 saturated carbocycles. The fraction of sp³-hybridized carbons (Fsp3) is 0.611. The van der Waals surface area contributed by atoms with Crippen molar-refractivity contribution in [1.29, 1.82) is 0 Å². The van der Waals surface area contributed by atoms with Gasteiger partial charge < -0.3 is 14.6 Å². The molecule has 5 nitrogen and oxygen atoms in total. The van der Waals surface area contributed by atoms with E-state index in [4.69, 9.17) is 9.47 Å². The second kappa shape index (κ2) is 9.53. The third-order valence-corrected chi connectivity index (χ3v) is 4.17. The minimum Gasteiger partial charge on any atom is -0.492 e. The van der Waals surface area contributed by atoms with Crippen LogP contribution in [0.4, 0.5) is 0 Å². The summed E-state index contributed by atoms with van der Waals surface area (Å²) in [6.07, 6.45) is 2.18. The number of aliphatic carboxylic acids is 1. The second-order valence-electron chi connectivity index (χ2n) is 5.97. The number of hydrogen-bond acceptors (Lipinski definition) is 4. The van der Waals surface area contributed by atoms with E-state index in [0.29, 0.717) is 19.4 Å². The molecule has 1 atom stereocenters. The Bertz CT molecular complexity index is 468. The Kier molecular flexibility index (Phi) is 7.36. The lowest BCUT2D eigenvalue weighted by Gasteiger charge is -2.26. The molecular weight excluding hydrogens is 294 g/mol. The van der Waals surface area contributed by atoms with Gasteiger partial charge in [-0.1, -0.05) is 25.5 Å². The van der Waals surface area contributed by atoms with Gasteiger partial charge >= 0.3 is 5.97 Å². The number of benzene rings is 1. The lowest BCUT2D eigenvalue weighted by molar-refractivity contribution is -0.141. The number of rotatable bonds is 9. The van der Waals surface area contributed by atoms with Crippen LogP contribution in [-0.2, 0) is 16.0 Å². The van der Waals surface area contributed by atoms with E-state index in [-0.39, 0.29) is 5.92 Å². The van der Waals surface area contributed by atoms with Gasteiger partial charge in [0.25, 0.3) is 0 Å². The summed E-state index contributed by atoms with van der Waals surface area (Å²) in [6, 6.07) is 7.80. The van der Waals surface area contributed by atoms with Gasteiger partial charge in [0.1, 0.15) is 12.4 Å². The molecule has 1 saturated heterocycles. The number of carboxylic acid groups (broad SMARTS) is 1. The average molecular weight is 321 g/mol. The lowest BCUT2D eigenvalue weighted by atomic mass is 9.95. The molecule has 1 aromatic carbocycles. The molecule has 1 heterocycles. The highest BCUT2D eigenvalue weighted by atomic mass is 16.5. The molecule has 0 amide bonds. The highest BCUT2D eigenvalue weighted by Crippen LogP contribution is 2.18. The van der Waals surface area contributed by atoms with Crippen molar-refractivity contribution in [2.24, 2.45) is 5.92 Å². The topological polar surface area (TPSA) is 59.0 Å². The van der Waals surface area contributed by atoms with E-state index in [1.807, 2.05) is 31.2 Å². The van der Waals surface area contributed by atoms with Gasteiger partial charge in [-0.05, 0) is 30.5 Å². The summed E-state index contributed by atoms with van der Waals surface area (Å²) >= 11 is 0. The van der Waals surface area contributed by atoms with Crippen molar-refractivity contribution in [1.82, 2.24) is 4.90 Å². The summed E-state index contributed by atoms with van der Waals surface area (Å²) in [5, 5.41) is 9.22. The maximum Gasteiger partial charge on any atom is 0.306 e. The molecule has 1 aliphatic rings. The molecule has 1 N–H and O–H groups in total. The number of hydrogen-bond donors (Lipinski definition) is 1. The van der Waals surface area contributed by atoms with Gasteiger partial charge in [-0.3, -0.25) is 9.69 Å². The number of carboxylic acids is 1. The SMILES string of the molecule is CCCC(Cc1ccc(OCCN2CCOCC2)cc1)C(=O)O. The Morgan fingerprint density at radius 1 is 1.30 bits per heavy atom. The molecule has 0 spiro atoms. The van der Waals surface area contributed by atoms with Crippen LogP contribution in [0.15, 0.2) is 24.3 Å². The van der Waals surface area contributed by atoms with Crippen molar-refractivity contribution >= 4 is 5.97 Å². The first kappa shape index (κ1) is 17.8.